The smallest absolute Gasteiger partial charge is 0.121 e. The van der Waals surface area contributed by atoms with Crippen molar-refractivity contribution in [3.63, 3.8) is 0 Å². The maximum Gasteiger partial charge on any atom is 0.121 e. The van der Waals surface area contributed by atoms with E-state index in [1.54, 1.807) is 0 Å². The Morgan fingerprint density at radius 3 is 2.77 bits per heavy atom. The number of hydrogen-bond donors (Lipinski definition) is 1. The van der Waals surface area contributed by atoms with Gasteiger partial charge in [-0.15, -0.1) is 0 Å². The lowest BCUT2D eigenvalue weighted by Crippen LogP contribution is -2.28. The zero-order chi connectivity index (χ0) is 9.31. The van der Waals surface area contributed by atoms with Crippen molar-refractivity contribution >= 4 is 11.6 Å². The van der Waals surface area contributed by atoms with Crippen molar-refractivity contribution in [2.75, 3.05) is 6.54 Å². The van der Waals surface area contributed by atoms with E-state index in [9.17, 15) is 0 Å². The third-order valence-corrected chi connectivity index (χ3v) is 2.55. The maximum absolute atomic E-state index is 5.83. The molecule has 0 radical (unpaired) electrons. The molecule has 13 heavy (non-hydrogen) atoms. The first-order valence-corrected chi connectivity index (χ1v) is 4.77. The molecular weight excluding hydrogens is 186 g/mol. The van der Waals surface area contributed by atoms with E-state index in [-0.39, 0.29) is 5.60 Å². The minimum Gasteiger partial charge on any atom is -0.486 e. The van der Waals surface area contributed by atoms with Gasteiger partial charge in [0.05, 0.1) is 0 Å². The normalized spacial score (nSPS) is 18.3. The SMILES string of the molecule is NCC1(Oc2cccc(Cl)c2)CC1. The number of rotatable bonds is 3. The van der Waals surface area contributed by atoms with Gasteiger partial charge in [0, 0.05) is 11.6 Å². The van der Waals surface area contributed by atoms with Crippen molar-refractivity contribution in [3.05, 3.63) is 29.3 Å². The summed E-state index contributed by atoms with van der Waals surface area (Å²) < 4.78 is 5.73. The van der Waals surface area contributed by atoms with Crippen LogP contribution < -0.4 is 10.5 Å². The highest BCUT2D eigenvalue weighted by molar-refractivity contribution is 6.30. The van der Waals surface area contributed by atoms with Crippen LogP contribution >= 0.6 is 11.6 Å². The molecule has 0 aromatic heterocycles. The average molecular weight is 198 g/mol. The summed E-state index contributed by atoms with van der Waals surface area (Å²) in [5.74, 6) is 0.815. The molecule has 1 aliphatic rings. The number of halogens is 1. The minimum absolute atomic E-state index is 0.0926. The van der Waals surface area contributed by atoms with Crippen LogP contribution in [0.25, 0.3) is 0 Å². The molecular formula is C10H12ClNO. The van der Waals surface area contributed by atoms with Gasteiger partial charge in [-0.1, -0.05) is 17.7 Å². The first-order chi connectivity index (χ1) is 6.24. The van der Waals surface area contributed by atoms with Crippen LogP contribution in [0.5, 0.6) is 5.75 Å². The zero-order valence-electron chi connectivity index (χ0n) is 7.29. The second kappa shape index (κ2) is 3.20. The number of ether oxygens (including phenoxy) is 1. The van der Waals surface area contributed by atoms with Gasteiger partial charge in [-0.25, -0.2) is 0 Å². The summed E-state index contributed by atoms with van der Waals surface area (Å²) in [5.41, 5.74) is 5.50. The van der Waals surface area contributed by atoms with Gasteiger partial charge in [0.1, 0.15) is 11.4 Å². The molecule has 0 aliphatic heterocycles. The van der Waals surface area contributed by atoms with Gasteiger partial charge in [-0.05, 0) is 31.0 Å². The van der Waals surface area contributed by atoms with Crippen LogP contribution in [0.4, 0.5) is 0 Å². The lowest BCUT2D eigenvalue weighted by molar-refractivity contribution is 0.187. The van der Waals surface area contributed by atoms with Crippen LogP contribution in [0.3, 0.4) is 0 Å². The Morgan fingerprint density at radius 1 is 1.46 bits per heavy atom. The highest BCUT2D eigenvalue weighted by Gasteiger charge is 2.44. The summed E-state index contributed by atoms with van der Waals surface area (Å²) in [7, 11) is 0. The van der Waals surface area contributed by atoms with Crippen LogP contribution in [0, 0.1) is 0 Å². The molecule has 0 atom stereocenters. The summed E-state index contributed by atoms with van der Waals surface area (Å²) in [6.07, 6.45) is 2.10. The first-order valence-electron chi connectivity index (χ1n) is 4.39. The molecule has 2 nitrogen and oxygen atoms in total. The molecule has 1 saturated carbocycles. The molecule has 2 N–H and O–H groups in total. The number of hydrogen-bond acceptors (Lipinski definition) is 2. The van der Waals surface area contributed by atoms with Crippen molar-refractivity contribution < 1.29 is 4.74 Å². The summed E-state index contributed by atoms with van der Waals surface area (Å²) >= 11 is 5.83. The average Bonchev–Trinajstić information content (AvgIpc) is 2.86. The molecule has 0 bridgehead atoms. The Balaban J connectivity index is 2.09. The van der Waals surface area contributed by atoms with Crippen molar-refractivity contribution in [1.29, 1.82) is 0 Å². The Bertz CT molecular complexity index is 310. The quantitative estimate of drug-likeness (QED) is 0.807. The molecule has 70 valence electrons. The largest absolute Gasteiger partial charge is 0.486 e. The standard InChI is InChI=1S/C10H12ClNO/c11-8-2-1-3-9(6-8)13-10(7-12)4-5-10/h1-3,6H,4-5,7,12H2. The Labute approximate surface area is 82.6 Å². The third kappa shape index (κ3) is 1.95. The van der Waals surface area contributed by atoms with Crippen LogP contribution in [0.2, 0.25) is 5.02 Å². The zero-order valence-corrected chi connectivity index (χ0v) is 8.05. The Kier molecular flexibility index (Phi) is 2.18. The minimum atomic E-state index is -0.0926. The molecule has 1 fully saturated rings. The van der Waals surface area contributed by atoms with E-state index in [0.29, 0.717) is 11.6 Å². The Hall–Kier alpha value is -0.730. The fourth-order valence-electron chi connectivity index (χ4n) is 1.27. The van der Waals surface area contributed by atoms with E-state index in [2.05, 4.69) is 0 Å². The molecule has 0 heterocycles. The summed E-state index contributed by atoms with van der Waals surface area (Å²) in [5, 5.41) is 0.699. The van der Waals surface area contributed by atoms with Crippen molar-refractivity contribution in [3.8, 4) is 5.75 Å². The van der Waals surface area contributed by atoms with Crippen LogP contribution in [-0.4, -0.2) is 12.1 Å². The van der Waals surface area contributed by atoms with E-state index < -0.39 is 0 Å². The summed E-state index contributed by atoms with van der Waals surface area (Å²) in [6.45, 7) is 0.583. The molecule has 1 aliphatic carbocycles. The molecule has 3 heteroatoms. The van der Waals surface area contributed by atoms with E-state index in [1.165, 1.54) is 0 Å². The second-order valence-corrected chi connectivity index (χ2v) is 3.88. The molecule has 0 unspecified atom stereocenters. The highest BCUT2D eigenvalue weighted by atomic mass is 35.5. The van der Waals surface area contributed by atoms with Gasteiger partial charge in [0.25, 0.3) is 0 Å². The first kappa shape index (κ1) is 8.85. The third-order valence-electron chi connectivity index (χ3n) is 2.31. The molecule has 1 aromatic carbocycles. The second-order valence-electron chi connectivity index (χ2n) is 3.45. The van der Waals surface area contributed by atoms with Crippen molar-refractivity contribution in [2.24, 2.45) is 5.73 Å². The van der Waals surface area contributed by atoms with Gasteiger partial charge in [0.2, 0.25) is 0 Å². The van der Waals surface area contributed by atoms with Crippen molar-refractivity contribution in [2.45, 2.75) is 18.4 Å². The molecule has 0 spiro atoms. The molecule has 2 rings (SSSR count). The summed E-state index contributed by atoms with van der Waals surface area (Å²) in [6, 6.07) is 7.43. The maximum atomic E-state index is 5.83. The van der Waals surface area contributed by atoms with Gasteiger partial charge in [-0.2, -0.15) is 0 Å². The van der Waals surface area contributed by atoms with Gasteiger partial charge in [-0.3, -0.25) is 0 Å². The highest BCUT2D eigenvalue weighted by Crippen LogP contribution is 2.39. The van der Waals surface area contributed by atoms with E-state index in [0.717, 1.165) is 18.6 Å². The molecule has 0 amide bonds. The Morgan fingerprint density at radius 2 is 2.23 bits per heavy atom. The van der Waals surface area contributed by atoms with E-state index in [4.69, 9.17) is 22.1 Å². The van der Waals surface area contributed by atoms with Crippen LogP contribution in [0.15, 0.2) is 24.3 Å². The van der Waals surface area contributed by atoms with Gasteiger partial charge >= 0.3 is 0 Å². The number of nitrogens with two attached hydrogens (primary N) is 1. The van der Waals surface area contributed by atoms with Crippen LogP contribution in [0.1, 0.15) is 12.8 Å². The fourth-order valence-corrected chi connectivity index (χ4v) is 1.45. The lowest BCUT2D eigenvalue weighted by Gasteiger charge is -2.15. The lowest BCUT2D eigenvalue weighted by atomic mass is 10.3. The topological polar surface area (TPSA) is 35.2 Å². The summed E-state index contributed by atoms with van der Waals surface area (Å²) in [4.78, 5) is 0. The fraction of sp³-hybridized carbons (Fsp3) is 0.400. The van der Waals surface area contributed by atoms with E-state index in [1.807, 2.05) is 24.3 Å². The predicted octanol–water partition coefficient (Wildman–Crippen LogP) is 2.21. The van der Waals surface area contributed by atoms with Gasteiger partial charge in [0.15, 0.2) is 0 Å². The van der Waals surface area contributed by atoms with Gasteiger partial charge < -0.3 is 10.5 Å². The van der Waals surface area contributed by atoms with Crippen LogP contribution in [-0.2, 0) is 0 Å². The molecule has 0 saturated heterocycles. The monoisotopic (exact) mass is 197 g/mol. The number of benzene rings is 1. The molecule has 1 aromatic rings. The predicted molar refractivity (Wildman–Crippen MR) is 53.1 cm³/mol. The van der Waals surface area contributed by atoms with Crippen molar-refractivity contribution in [1.82, 2.24) is 0 Å². The van der Waals surface area contributed by atoms with E-state index >= 15 is 0 Å².